The van der Waals surface area contributed by atoms with Gasteiger partial charge in [-0.05, 0) is 46.2 Å². The average molecular weight is 396 g/mol. The molecular formula is C22H28N4O3. The topological polar surface area (TPSA) is 78.2 Å². The van der Waals surface area contributed by atoms with Gasteiger partial charge in [0.05, 0.1) is 17.3 Å². The molecule has 29 heavy (non-hydrogen) atoms. The van der Waals surface area contributed by atoms with Gasteiger partial charge < -0.3 is 14.6 Å². The molecule has 0 bridgehead atoms. The first-order chi connectivity index (χ1) is 14.0. The number of benzene rings is 1. The number of para-hydroxylation sites is 1. The van der Waals surface area contributed by atoms with Crippen LogP contribution in [0.3, 0.4) is 0 Å². The number of hydrogen-bond acceptors (Lipinski definition) is 4. The summed E-state index contributed by atoms with van der Waals surface area (Å²) in [5.74, 6) is -0.0793. The number of nitrogens with zero attached hydrogens (tertiary/aromatic N) is 3. The van der Waals surface area contributed by atoms with Crippen LogP contribution in [0.5, 0.6) is 0 Å². The molecule has 1 aromatic carbocycles. The highest BCUT2D eigenvalue weighted by Crippen LogP contribution is 2.26. The third kappa shape index (κ3) is 4.10. The Balaban J connectivity index is 1.92. The van der Waals surface area contributed by atoms with Crippen molar-refractivity contribution in [1.82, 2.24) is 19.7 Å². The SMILES string of the molecule is CCOCCCNC(=O)C(C)n1c(C)c2cnn(-c3ccccc3)c(=O)c2c1C. The van der Waals surface area contributed by atoms with E-state index in [1.54, 1.807) is 6.20 Å². The molecule has 1 unspecified atom stereocenters. The third-order valence-electron chi connectivity index (χ3n) is 5.19. The molecule has 3 rings (SSSR count). The molecule has 0 aliphatic rings. The molecule has 7 heteroatoms. The normalized spacial score (nSPS) is 12.3. The second-order valence-electron chi connectivity index (χ2n) is 7.04. The Morgan fingerprint density at radius 1 is 1.21 bits per heavy atom. The van der Waals surface area contributed by atoms with Crippen LogP contribution in [0.1, 0.15) is 37.7 Å². The summed E-state index contributed by atoms with van der Waals surface area (Å²) < 4.78 is 8.62. The molecule has 1 atom stereocenters. The second kappa shape index (κ2) is 9.05. The largest absolute Gasteiger partial charge is 0.382 e. The molecule has 2 aromatic heterocycles. The molecule has 3 aromatic rings. The minimum absolute atomic E-state index is 0.0793. The van der Waals surface area contributed by atoms with Crippen LogP contribution in [-0.2, 0) is 9.53 Å². The monoisotopic (exact) mass is 396 g/mol. The lowest BCUT2D eigenvalue weighted by Gasteiger charge is -2.18. The van der Waals surface area contributed by atoms with Crippen molar-refractivity contribution in [1.29, 1.82) is 0 Å². The van der Waals surface area contributed by atoms with Crippen molar-refractivity contribution in [2.45, 2.75) is 40.2 Å². The van der Waals surface area contributed by atoms with Crippen LogP contribution < -0.4 is 10.9 Å². The van der Waals surface area contributed by atoms with Gasteiger partial charge in [0.15, 0.2) is 0 Å². The molecule has 0 saturated carbocycles. The van der Waals surface area contributed by atoms with Crippen LogP contribution >= 0.6 is 0 Å². The lowest BCUT2D eigenvalue weighted by molar-refractivity contribution is -0.123. The zero-order chi connectivity index (χ0) is 21.0. The van der Waals surface area contributed by atoms with E-state index in [0.29, 0.717) is 30.8 Å². The van der Waals surface area contributed by atoms with Crippen molar-refractivity contribution >= 4 is 16.7 Å². The lowest BCUT2D eigenvalue weighted by Crippen LogP contribution is -2.33. The summed E-state index contributed by atoms with van der Waals surface area (Å²) >= 11 is 0. The molecule has 1 N–H and O–H groups in total. The van der Waals surface area contributed by atoms with Crippen LogP contribution in [-0.4, -0.2) is 40.0 Å². The molecule has 0 spiro atoms. The summed E-state index contributed by atoms with van der Waals surface area (Å²) in [5, 5.41) is 8.67. The number of fused-ring (bicyclic) bond motifs is 1. The van der Waals surface area contributed by atoms with Gasteiger partial charge in [0, 0.05) is 36.5 Å². The number of carbonyl (C=O) groups excluding carboxylic acids is 1. The zero-order valence-electron chi connectivity index (χ0n) is 17.4. The van der Waals surface area contributed by atoms with Crippen molar-refractivity contribution in [3.8, 4) is 5.69 Å². The Bertz CT molecular complexity index is 1050. The Labute approximate surface area is 170 Å². The van der Waals surface area contributed by atoms with E-state index in [9.17, 15) is 9.59 Å². The highest BCUT2D eigenvalue weighted by atomic mass is 16.5. The number of ether oxygens (including phenoxy) is 1. The van der Waals surface area contributed by atoms with Gasteiger partial charge in [-0.15, -0.1) is 0 Å². The van der Waals surface area contributed by atoms with E-state index in [1.165, 1.54) is 4.68 Å². The van der Waals surface area contributed by atoms with Gasteiger partial charge in [0.2, 0.25) is 5.91 Å². The number of aromatic nitrogens is 3. The first-order valence-corrected chi connectivity index (χ1v) is 9.97. The van der Waals surface area contributed by atoms with Crippen molar-refractivity contribution in [3.63, 3.8) is 0 Å². The first-order valence-electron chi connectivity index (χ1n) is 9.97. The van der Waals surface area contributed by atoms with Crippen molar-refractivity contribution in [2.75, 3.05) is 19.8 Å². The van der Waals surface area contributed by atoms with Crippen molar-refractivity contribution < 1.29 is 9.53 Å². The summed E-state index contributed by atoms with van der Waals surface area (Å²) in [7, 11) is 0. The summed E-state index contributed by atoms with van der Waals surface area (Å²) in [6.07, 6.45) is 2.47. The fraction of sp³-hybridized carbons (Fsp3) is 0.409. The third-order valence-corrected chi connectivity index (χ3v) is 5.19. The number of carbonyl (C=O) groups is 1. The number of rotatable bonds is 8. The van der Waals surface area contributed by atoms with Crippen LogP contribution in [0.15, 0.2) is 41.3 Å². The average Bonchev–Trinajstić information content (AvgIpc) is 2.98. The quantitative estimate of drug-likeness (QED) is 0.594. The summed E-state index contributed by atoms with van der Waals surface area (Å²) in [6, 6.07) is 8.89. The minimum Gasteiger partial charge on any atom is -0.382 e. The highest BCUT2D eigenvalue weighted by Gasteiger charge is 2.23. The molecule has 154 valence electrons. The van der Waals surface area contributed by atoms with Crippen LogP contribution in [0.2, 0.25) is 0 Å². The fourth-order valence-electron chi connectivity index (χ4n) is 3.71. The summed E-state index contributed by atoms with van der Waals surface area (Å²) in [4.78, 5) is 25.8. The van der Waals surface area contributed by atoms with Crippen molar-refractivity contribution in [3.05, 3.63) is 58.3 Å². The number of amides is 1. The van der Waals surface area contributed by atoms with Crippen LogP contribution in [0.25, 0.3) is 16.5 Å². The smallest absolute Gasteiger partial charge is 0.281 e. The van der Waals surface area contributed by atoms with Gasteiger partial charge in [0.25, 0.3) is 5.56 Å². The summed E-state index contributed by atoms with van der Waals surface area (Å²) in [5.41, 5.74) is 2.16. The predicted molar refractivity (Wildman–Crippen MR) is 114 cm³/mol. The fourth-order valence-corrected chi connectivity index (χ4v) is 3.71. The highest BCUT2D eigenvalue weighted by molar-refractivity contribution is 5.89. The molecule has 1 amide bonds. The van der Waals surface area contributed by atoms with E-state index >= 15 is 0 Å². The van der Waals surface area contributed by atoms with E-state index in [1.807, 2.05) is 62.6 Å². The lowest BCUT2D eigenvalue weighted by atomic mass is 10.2. The molecule has 0 radical (unpaired) electrons. The van der Waals surface area contributed by atoms with E-state index in [0.717, 1.165) is 23.2 Å². The minimum atomic E-state index is -0.431. The maximum atomic E-state index is 13.2. The van der Waals surface area contributed by atoms with E-state index in [4.69, 9.17) is 4.74 Å². The van der Waals surface area contributed by atoms with Gasteiger partial charge in [-0.3, -0.25) is 9.59 Å². The molecule has 0 fully saturated rings. The van der Waals surface area contributed by atoms with E-state index < -0.39 is 6.04 Å². The number of nitrogens with one attached hydrogen (secondary N) is 1. The van der Waals surface area contributed by atoms with E-state index in [-0.39, 0.29) is 11.5 Å². The molecule has 0 aliphatic carbocycles. The second-order valence-corrected chi connectivity index (χ2v) is 7.04. The standard InChI is InChI=1S/C22H28N4O3/c1-5-29-13-9-12-23-21(27)17(4)25-15(2)19-14-24-26(18-10-7-6-8-11-18)22(28)20(19)16(25)3/h6-8,10-11,14,17H,5,9,12-13H2,1-4H3,(H,23,27). The van der Waals surface area contributed by atoms with Gasteiger partial charge in [-0.2, -0.15) is 9.78 Å². The Kier molecular flexibility index (Phi) is 6.49. The molecule has 0 aliphatic heterocycles. The number of hydrogen-bond donors (Lipinski definition) is 1. The molecule has 0 saturated heterocycles. The van der Waals surface area contributed by atoms with Gasteiger partial charge in [-0.1, -0.05) is 18.2 Å². The van der Waals surface area contributed by atoms with E-state index in [2.05, 4.69) is 10.4 Å². The van der Waals surface area contributed by atoms with Gasteiger partial charge in [-0.25, -0.2) is 0 Å². The predicted octanol–water partition coefficient (Wildman–Crippen LogP) is 2.91. The maximum Gasteiger partial charge on any atom is 0.281 e. The Morgan fingerprint density at radius 3 is 2.62 bits per heavy atom. The molecule has 7 nitrogen and oxygen atoms in total. The summed E-state index contributed by atoms with van der Waals surface area (Å²) in [6.45, 7) is 9.45. The maximum absolute atomic E-state index is 13.2. The molecule has 2 heterocycles. The van der Waals surface area contributed by atoms with Crippen LogP contribution in [0.4, 0.5) is 0 Å². The zero-order valence-corrected chi connectivity index (χ0v) is 17.4. The van der Waals surface area contributed by atoms with Gasteiger partial charge >= 0.3 is 0 Å². The van der Waals surface area contributed by atoms with Crippen LogP contribution in [0, 0.1) is 13.8 Å². The Hall–Kier alpha value is -2.93. The van der Waals surface area contributed by atoms with Gasteiger partial charge in [0.1, 0.15) is 6.04 Å². The number of aryl methyl sites for hydroxylation is 2. The van der Waals surface area contributed by atoms with Crippen molar-refractivity contribution in [2.24, 2.45) is 0 Å². The first kappa shape index (κ1) is 20.8. The molecular weight excluding hydrogens is 368 g/mol. The Morgan fingerprint density at radius 2 is 1.93 bits per heavy atom.